The van der Waals surface area contributed by atoms with Crippen LogP contribution in [0.25, 0.3) is 70.0 Å². The summed E-state index contributed by atoms with van der Waals surface area (Å²) in [5.41, 5.74) is 11.0. The quantitative estimate of drug-likeness (QED) is 0.211. The molecule has 0 N–H and O–H groups in total. The van der Waals surface area contributed by atoms with Crippen molar-refractivity contribution >= 4 is 53.4 Å². The molecule has 0 atom stereocenters. The van der Waals surface area contributed by atoms with Gasteiger partial charge in [-0.1, -0.05) is 87.5 Å². The first-order valence-electron chi connectivity index (χ1n) is 14.5. The van der Waals surface area contributed by atoms with E-state index in [1.807, 2.05) is 23.6 Å². The van der Waals surface area contributed by atoms with Gasteiger partial charge in [-0.25, -0.2) is 0 Å². The summed E-state index contributed by atoms with van der Waals surface area (Å²) >= 11 is 1.86. The number of hydrogen-bond donors (Lipinski definition) is 0. The van der Waals surface area contributed by atoms with Gasteiger partial charge in [0.2, 0.25) is 0 Å². The second-order valence-corrected chi connectivity index (χ2v) is 13.2. The molecule has 2 nitrogen and oxygen atoms in total. The van der Waals surface area contributed by atoms with Gasteiger partial charge in [0.15, 0.2) is 0 Å². The van der Waals surface area contributed by atoms with Crippen molar-refractivity contribution < 1.29 is 0 Å². The molecule has 0 aliphatic carbocycles. The Morgan fingerprint density at radius 3 is 1.93 bits per heavy atom. The molecule has 8 rings (SSSR count). The molecule has 0 amide bonds. The van der Waals surface area contributed by atoms with Crippen molar-refractivity contribution in [1.82, 2.24) is 9.55 Å². The van der Waals surface area contributed by atoms with Gasteiger partial charge in [-0.2, -0.15) is 0 Å². The summed E-state index contributed by atoms with van der Waals surface area (Å²) in [6.45, 7) is 6.92. The summed E-state index contributed by atoms with van der Waals surface area (Å²) in [5.74, 6) is 0. The Bertz CT molecular complexity index is 2240. The molecule has 3 heteroatoms. The first kappa shape index (κ1) is 25.0. The minimum Gasteiger partial charge on any atom is -0.309 e. The van der Waals surface area contributed by atoms with Crippen LogP contribution < -0.4 is 0 Å². The van der Waals surface area contributed by atoms with E-state index in [2.05, 4.69) is 141 Å². The van der Waals surface area contributed by atoms with Crippen molar-refractivity contribution in [3.63, 3.8) is 0 Å². The Hall–Kier alpha value is -4.73. The highest BCUT2D eigenvalue weighted by molar-refractivity contribution is 7.26. The number of nitrogens with zero attached hydrogens (tertiary/aromatic N) is 2. The van der Waals surface area contributed by atoms with Gasteiger partial charge in [-0.3, -0.25) is 4.98 Å². The van der Waals surface area contributed by atoms with E-state index in [9.17, 15) is 0 Å². The summed E-state index contributed by atoms with van der Waals surface area (Å²) < 4.78 is 4.97. The molecule has 3 aromatic heterocycles. The second-order valence-electron chi connectivity index (χ2n) is 12.1. The topological polar surface area (TPSA) is 17.8 Å². The molecule has 0 spiro atoms. The summed E-state index contributed by atoms with van der Waals surface area (Å²) in [6, 6.07) is 44.2. The van der Waals surface area contributed by atoms with E-state index < -0.39 is 0 Å². The average molecular weight is 559 g/mol. The Morgan fingerprint density at radius 2 is 1.21 bits per heavy atom. The zero-order valence-corrected chi connectivity index (χ0v) is 24.7. The van der Waals surface area contributed by atoms with Crippen LogP contribution in [0.1, 0.15) is 26.3 Å². The number of rotatable bonds is 3. The second kappa shape index (κ2) is 9.40. The van der Waals surface area contributed by atoms with Crippen LogP contribution in [0.15, 0.2) is 128 Å². The molecule has 0 aliphatic heterocycles. The number of hydrogen-bond acceptors (Lipinski definition) is 2. The minimum atomic E-state index is 0.0173. The summed E-state index contributed by atoms with van der Waals surface area (Å²) in [6.07, 6.45) is 1.91. The smallest absolute Gasteiger partial charge is 0.0888 e. The number of thiophene rings is 1. The lowest BCUT2D eigenvalue weighted by Gasteiger charge is -2.21. The Balaban J connectivity index is 1.28. The standard InChI is InChI=1S/C39H30N2S/c1-39(2,3)33-24-28(23-32-37-36(42-38(32)33)19-10-20-40-37)26-12-8-11-25(21-26)27-13-9-14-29(22-27)41-34-17-6-4-15-30(34)31-16-5-7-18-35(31)41/h4-24H,1-3H3. The van der Waals surface area contributed by atoms with Gasteiger partial charge in [-0.15, -0.1) is 11.3 Å². The molecule has 0 saturated heterocycles. The largest absolute Gasteiger partial charge is 0.309 e. The van der Waals surface area contributed by atoms with E-state index in [0.717, 1.165) is 5.52 Å². The molecule has 0 bridgehead atoms. The van der Waals surface area contributed by atoms with Crippen molar-refractivity contribution in [2.24, 2.45) is 0 Å². The number of fused-ring (bicyclic) bond motifs is 6. The molecular weight excluding hydrogens is 529 g/mol. The first-order chi connectivity index (χ1) is 20.5. The fraction of sp³-hybridized carbons (Fsp3) is 0.103. The first-order valence-corrected chi connectivity index (χ1v) is 15.3. The SMILES string of the molecule is CC(C)(C)c1cc(-c2cccc(-c3cccc(-n4c5ccccc5c5ccccc54)c3)c2)cc2c1sc1cccnc12. The molecule has 42 heavy (non-hydrogen) atoms. The van der Waals surface area contributed by atoms with Crippen molar-refractivity contribution in [1.29, 1.82) is 0 Å². The molecule has 202 valence electrons. The lowest BCUT2D eigenvalue weighted by Crippen LogP contribution is -2.11. The molecular formula is C39H30N2S. The van der Waals surface area contributed by atoms with E-state index in [4.69, 9.17) is 4.98 Å². The molecule has 3 heterocycles. The molecule has 0 saturated carbocycles. The third-order valence-corrected chi connectivity index (χ3v) is 9.54. The molecule has 0 aliphatic rings. The van der Waals surface area contributed by atoms with Crippen LogP contribution in [0.4, 0.5) is 0 Å². The molecule has 5 aromatic carbocycles. The van der Waals surface area contributed by atoms with Crippen LogP contribution in [-0.2, 0) is 5.41 Å². The number of aromatic nitrogens is 2. The van der Waals surface area contributed by atoms with E-state index in [-0.39, 0.29) is 5.41 Å². The third kappa shape index (κ3) is 3.96. The van der Waals surface area contributed by atoms with Crippen molar-refractivity contribution in [2.45, 2.75) is 26.2 Å². The highest BCUT2D eigenvalue weighted by atomic mass is 32.1. The zero-order chi connectivity index (χ0) is 28.4. The molecule has 8 aromatic rings. The van der Waals surface area contributed by atoms with E-state index in [0.29, 0.717) is 0 Å². The van der Waals surface area contributed by atoms with E-state index >= 15 is 0 Å². The summed E-state index contributed by atoms with van der Waals surface area (Å²) in [7, 11) is 0. The fourth-order valence-corrected chi connectivity index (χ4v) is 7.69. The number of benzene rings is 5. The Morgan fingerprint density at radius 1 is 0.571 bits per heavy atom. The number of para-hydroxylation sites is 2. The fourth-order valence-electron chi connectivity index (χ4n) is 6.33. The van der Waals surface area contributed by atoms with Gasteiger partial charge in [0.1, 0.15) is 0 Å². The van der Waals surface area contributed by atoms with Gasteiger partial charge in [0.05, 0.1) is 21.3 Å². The normalized spacial score (nSPS) is 12.2. The van der Waals surface area contributed by atoms with Gasteiger partial charge < -0.3 is 4.57 Å². The molecule has 0 fully saturated rings. The van der Waals surface area contributed by atoms with Gasteiger partial charge in [0, 0.05) is 32.7 Å². The van der Waals surface area contributed by atoms with Crippen molar-refractivity contribution in [3.05, 3.63) is 133 Å². The van der Waals surface area contributed by atoms with Crippen molar-refractivity contribution in [2.75, 3.05) is 0 Å². The van der Waals surface area contributed by atoms with Crippen LogP contribution in [0.2, 0.25) is 0 Å². The Labute approximate surface area is 249 Å². The predicted octanol–water partition coefficient (Wildman–Crippen LogP) is 11.2. The predicted molar refractivity (Wildman–Crippen MR) is 181 cm³/mol. The van der Waals surface area contributed by atoms with Gasteiger partial charge >= 0.3 is 0 Å². The molecule has 0 radical (unpaired) electrons. The minimum absolute atomic E-state index is 0.0173. The highest BCUT2D eigenvalue weighted by Gasteiger charge is 2.22. The third-order valence-electron chi connectivity index (χ3n) is 8.35. The summed E-state index contributed by atoms with van der Waals surface area (Å²) in [5, 5.41) is 3.80. The maximum atomic E-state index is 4.78. The maximum Gasteiger partial charge on any atom is 0.0888 e. The average Bonchev–Trinajstić information content (AvgIpc) is 3.56. The highest BCUT2D eigenvalue weighted by Crippen LogP contribution is 2.42. The van der Waals surface area contributed by atoms with Crippen LogP contribution in [0, 0.1) is 0 Å². The van der Waals surface area contributed by atoms with Crippen molar-refractivity contribution in [3.8, 4) is 27.9 Å². The van der Waals surface area contributed by atoms with Crippen LogP contribution in [0.3, 0.4) is 0 Å². The maximum absolute atomic E-state index is 4.78. The van der Waals surface area contributed by atoms with E-state index in [1.165, 1.54) is 70.1 Å². The molecule has 0 unspecified atom stereocenters. The lowest BCUT2D eigenvalue weighted by molar-refractivity contribution is 0.597. The zero-order valence-electron chi connectivity index (χ0n) is 23.9. The Kier molecular flexibility index (Phi) is 5.60. The number of pyridine rings is 1. The lowest BCUT2D eigenvalue weighted by atomic mass is 9.84. The van der Waals surface area contributed by atoms with Crippen LogP contribution in [0.5, 0.6) is 0 Å². The monoisotopic (exact) mass is 558 g/mol. The van der Waals surface area contributed by atoms with Gasteiger partial charge in [0.25, 0.3) is 0 Å². The van der Waals surface area contributed by atoms with E-state index in [1.54, 1.807) is 0 Å². The van der Waals surface area contributed by atoms with Crippen LogP contribution in [-0.4, -0.2) is 9.55 Å². The van der Waals surface area contributed by atoms with Crippen LogP contribution >= 0.6 is 11.3 Å². The summed E-state index contributed by atoms with van der Waals surface area (Å²) in [4.78, 5) is 4.78. The van der Waals surface area contributed by atoms with Gasteiger partial charge in [-0.05, 0) is 87.8 Å².